The maximum atomic E-state index is 12.4. The van der Waals surface area contributed by atoms with Gasteiger partial charge in [0.25, 0.3) is 0 Å². The van der Waals surface area contributed by atoms with Crippen LogP contribution in [0.2, 0.25) is 0 Å². The standard InChI is InChI=1S/C19H22N4O3/c24-19(21-12-16-1-2-17-18(11-16)26-14-25-17)23-9-7-22(8-10-23)13-15-3-5-20-6-4-15/h1-6,11H,7-10,12-14H2,(H,21,24). The lowest BCUT2D eigenvalue weighted by atomic mass is 10.2. The first kappa shape index (κ1) is 16.7. The minimum absolute atomic E-state index is 0.0220. The molecule has 0 aliphatic carbocycles. The van der Waals surface area contributed by atoms with Gasteiger partial charge in [0, 0.05) is 51.7 Å². The van der Waals surface area contributed by atoms with Crippen LogP contribution in [0.25, 0.3) is 0 Å². The van der Waals surface area contributed by atoms with Gasteiger partial charge >= 0.3 is 6.03 Å². The zero-order valence-electron chi connectivity index (χ0n) is 14.6. The Morgan fingerprint density at radius 2 is 1.77 bits per heavy atom. The average Bonchev–Trinajstić information content (AvgIpc) is 3.15. The molecule has 0 spiro atoms. The summed E-state index contributed by atoms with van der Waals surface area (Å²) >= 11 is 0. The van der Waals surface area contributed by atoms with E-state index in [0.717, 1.165) is 49.8 Å². The largest absolute Gasteiger partial charge is 0.454 e. The molecule has 0 unspecified atom stereocenters. The highest BCUT2D eigenvalue weighted by Gasteiger charge is 2.21. The van der Waals surface area contributed by atoms with E-state index in [4.69, 9.17) is 9.47 Å². The van der Waals surface area contributed by atoms with Crippen LogP contribution in [0.1, 0.15) is 11.1 Å². The van der Waals surface area contributed by atoms with Gasteiger partial charge in [0.2, 0.25) is 6.79 Å². The number of nitrogens with zero attached hydrogens (tertiary/aromatic N) is 3. The minimum atomic E-state index is -0.0220. The van der Waals surface area contributed by atoms with E-state index in [1.165, 1.54) is 5.56 Å². The summed E-state index contributed by atoms with van der Waals surface area (Å²) in [4.78, 5) is 20.7. The van der Waals surface area contributed by atoms with Crippen molar-refractivity contribution < 1.29 is 14.3 Å². The van der Waals surface area contributed by atoms with Crippen LogP contribution in [0.3, 0.4) is 0 Å². The second kappa shape index (κ2) is 7.61. The summed E-state index contributed by atoms with van der Waals surface area (Å²) in [6.45, 7) is 4.85. The molecule has 2 aliphatic heterocycles. The SMILES string of the molecule is O=C(NCc1ccc2c(c1)OCO2)N1CCN(Cc2ccncc2)CC1. The Kier molecular flexibility index (Phi) is 4.88. The van der Waals surface area contributed by atoms with Gasteiger partial charge in [-0.15, -0.1) is 0 Å². The fourth-order valence-corrected chi connectivity index (χ4v) is 3.20. The van der Waals surface area contributed by atoms with Gasteiger partial charge in [-0.05, 0) is 35.4 Å². The van der Waals surface area contributed by atoms with Crippen molar-refractivity contribution in [1.82, 2.24) is 20.1 Å². The molecular weight excluding hydrogens is 332 g/mol. The maximum Gasteiger partial charge on any atom is 0.317 e. The van der Waals surface area contributed by atoms with Gasteiger partial charge < -0.3 is 19.7 Å². The average molecular weight is 354 g/mol. The highest BCUT2D eigenvalue weighted by Crippen LogP contribution is 2.32. The van der Waals surface area contributed by atoms with Crippen molar-refractivity contribution in [2.45, 2.75) is 13.1 Å². The molecule has 0 radical (unpaired) electrons. The Balaban J connectivity index is 1.23. The van der Waals surface area contributed by atoms with E-state index in [2.05, 4.69) is 15.2 Å². The molecule has 0 atom stereocenters. The predicted molar refractivity (Wildman–Crippen MR) is 95.9 cm³/mol. The topological polar surface area (TPSA) is 66.9 Å². The molecule has 1 aromatic heterocycles. The van der Waals surface area contributed by atoms with Gasteiger partial charge in [-0.3, -0.25) is 9.88 Å². The number of fused-ring (bicyclic) bond motifs is 1. The van der Waals surface area contributed by atoms with Gasteiger partial charge in [0.05, 0.1) is 0 Å². The molecule has 2 aromatic rings. The van der Waals surface area contributed by atoms with E-state index in [-0.39, 0.29) is 12.8 Å². The molecule has 4 rings (SSSR count). The molecule has 2 amide bonds. The number of piperazine rings is 1. The van der Waals surface area contributed by atoms with Crippen molar-refractivity contribution in [3.8, 4) is 11.5 Å². The number of rotatable bonds is 4. The van der Waals surface area contributed by atoms with Crippen LogP contribution in [-0.2, 0) is 13.1 Å². The monoisotopic (exact) mass is 354 g/mol. The molecule has 7 nitrogen and oxygen atoms in total. The predicted octanol–water partition coefficient (Wildman–Crippen LogP) is 1.84. The third kappa shape index (κ3) is 3.88. The van der Waals surface area contributed by atoms with Crippen LogP contribution >= 0.6 is 0 Å². The molecule has 0 bridgehead atoms. The van der Waals surface area contributed by atoms with Crippen molar-refractivity contribution in [3.05, 3.63) is 53.9 Å². The summed E-state index contributed by atoms with van der Waals surface area (Å²) in [5.41, 5.74) is 2.25. The quantitative estimate of drug-likeness (QED) is 0.907. The number of aromatic nitrogens is 1. The van der Waals surface area contributed by atoms with E-state index in [1.807, 2.05) is 47.6 Å². The number of amides is 2. The number of benzene rings is 1. The lowest BCUT2D eigenvalue weighted by Gasteiger charge is -2.34. The fourth-order valence-electron chi connectivity index (χ4n) is 3.20. The summed E-state index contributed by atoms with van der Waals surface area (Å²) in [6.07, 6.45) is 3.63. The number of carbonyl (C=O) groups excluding carboxylic acids is 1. The molecule has 7 heteroatoms. The third-order valence-corrected chi connectivity index (χ3v) is 4.70. The van der Waals surface area contributed by atoms with Crippen LogP contribution in [0.4, 0.5) is 4.79 Å². The molecule has 1 saturated heterocycles. The van der Waals surface area contributed by atoms with Gasteiger partial charge in [-0.2, -0.15) is 0 Å². The zero-order valence-corrected chi connectivity index (χ0v) is 14.6. The molecule has 1 fully saturated rings. The van der Waals surface area contributed by atoms with Crippen LogP contribution in [0.5, 0.6) is 11.5 Å². The Hall–Kier alpha value is -2.80. The number of carbonyl (C=O) groups is 1. The van der Waals surface area contributed by atoms with Gasteiger partial charge in [-0.25, -0.2) is 4.79 Å². The van der Waals surface area contributed by atoms with E-state index in [1.54, 1.807) is 0 Å². The van der Waals surface area contributed by atoms with E-state index in [9.17, 15) is 4.79 Å². The van der Waals surface area contributed by atoms with Crippen molar-refractivity contribution in [2.75, 3.05) is 33.0 Å². The number of hydrogen-bond acceptors (Lipinski definition) is 5. The Morgan fingerprint density at radius 1 is 1.00 bits per heavy atom. The molecule has 0 saturated carbocycles. The second-order valence-electron chi connectivity index (χ2n) is 6.46. The first-order valence-corrected chi connectivity index (χ1v) is 8.80. The van der Waals surface area contributed by atoms with Crippen molar-refractivity contribution in [2.24, 2.45) is 0 Å². The molecule has 2 aliphatic rings. The van der Waals surface area contributed by atoms with Gasteiger partial charge in [0.15, 0.2) is 11.5 Å². The molecule has 1 aromatic carbocycles. The van der Waals surface area contributed by atoms with Gasteiger partial charge in [0.1, 0.15) is 0 Å². The number of ether oxygens (including phenoxy) is 2. The Bertz CT molecular complexity index is 761. The van der Waals surface area contributed by atoms with Crippen molar-refractivity contribution in [3.63, 3.8) is 0 Å². The summed E-state index contributed by atoms with van der Waals surface area (Å²) in [5.74, 6) is 1.49. The molecule has 136 valence electrons. The van der Waals surface area contributed by atoms with E-state index in [0.29, 0.717) is 6.54 Å². The minimum Gasteiger partial charge on any atom is -0.454 e. The van der Waals surface area contributed by atoms with Crippen molar-refractivity contribution in [1.29, 1.82) is 0 Å². The summed E-state index contributed by atoms with van der Waals surface area (Å²) in [7, 11) is 0. The normalized spacial score (nSPS) is 16.5. The highest BCUT2D eigenvalue weighted by molar-refractivity contribution is 5.74. The maximum absolute atomic E-state index is 12.4. The molecule has 1 N–H and O–H groups in total. The highest BCUT2D eigenvalue weighted by atomic mass is 16.7. The number of pyridine rings is 1. The fraction of sp³-hybridized carbons (Fsp3) is 0.368. The first-order valence-electron chi connectivity index (χ1n) is 8.80. The summed E-state index contributed by atoms with van der Waals surface area (Å²) in [5, 5.41) is 2.99. The lowest BCUT2D eigenvalue weighted by Crippen LogP contribution is -2.51. The van der Waals surface area contributed by atoms with Crippen LogP contribution < -0.4 is 14.8 Å². The molecule has 3 heterocycles. The zero-order chi connectivity index (χ0) is 17.8. The molecule has 26 heavy (non-hydrogen) atoms. The summed E-state index contributed by atoms with van der Waals surface area (Å²) < 4.78 is 10.7. The third-order valence-electron chi connectivity index (χ3n) is 4.70. The second-order valence-corrected chi connectivity index (χ2v) is 6.46. The Morgan fingerprint density at radius 3 is 2.58 bits per heavy atom. The number of urea groups is 1. The van der Waals surface area contributed by atoms with Crippen LogP contribution in [0.15, 0.2) is 42.7 Å². The van der Waals surface area contributed by atoms with Crippen molar-refractivity contribution >= 4 is 6.03 Å². The lowest BCUT2D eigenvalue weighted by molar-refractivity contribution is 0.135. The van der Waals surface area contributed by atoms with Crippen LogP contribution in [0, 0.1) is 0 Å². The molecular formula is C19H22N4O3. The first-order chi connectivity index (χ1) is 12.8. The number of hydrogen-bond donors (Lipinski definition) is 1. The summed E-state index contributed by atoms with van der Waals surface area (Å²) in [6, 6.07) is 9.78. The Labute approximate surface area is 152 Å². The van der Waals surface area contributed by atoms with Gasteiger partial charge in [-0.1, -0.05) is 6.07 Å². The van der Waals surface area contributed by atoms with E-state index < -0.39 is 0 Å². The number of nitrogens with one attached hydrogen (secondary N) is 1. The van der Waals surface area contributed by atoms with E-state index >= 15 is 0 Å². The smallest absolute Gasteiger partial charge is 0.317 e. The van der Waals surface area contributed by atoms with Crippen LogP contribution in [-0.4, -0.2) is 53.8 Å².